The van der Waals surface area contributed by atoms with Crippen molar-refractivity contribution in [3.05, 3.63) is 48.0 Å². The number of benzene rings is 2. The van der Waals surface area contributed by atoms with Gasteiger partial charge in [-0.3, -0.25) is 9.59 Å². The van der Waals surface area contributed by atoms with Crippen LogP contribution in [-0.4, -0.2) is 30.3 Å². The molecule has 1 atom stereocenters. The van der Waals surface area contributed by atoms with Gasteiger partial charge in [-0.1, -0.05) is 36.4 Å². The van der Waals surface area contributed by atoms with Crippen LogP contribution in [0.4, 0.5) is 0 Å². The van der Waals surface area contributed by atoms with Crippen LogP contribution in [0.15, 0.2) is 42.5 Å². The molecule has 0 saturated carbocycles. The first kappa shape index (κ1) is 13.6. The molecule has 2 aromatic carbocycles. The van der Waals surface area contributed by atoms with Crippen LogP contribution in [0, 0.1) is 5.92 Å². The minimum absolute atomic E-state index is 0.0292. The molecule has 1 heterocycles. The summed E-state index contributed by atoms with van der Waals surface area (Å²) in [5.41, 5.74) is 1.10. The fraction of sp³-hybridized carbons (Fsp3) is 0.294. The number of amides is 2. The van der Waals surface area contributed by atoms with Crippen molar-refractivity contribution in [3.63, 3.8) is 0 Å². The van der Waals surface area contributed by atoms with Gasteiger partial charge in [-0.2, -0.15) is 0 Å². The second kappa shape index (κ2) is 5.56. The second-order valence-corrected chi connectivity index (χ2v) is 5.58. The van der Waals surface area contributed by atoms with Crippen LogP contribution < -0.4 is 5.32 Å². The van der Waals surface area contributed by atoms with Crippen molar-refractivity contribution in [1.29, 1.82) is 0 Å². The van der Waals surface area contributed by atoms with E-state index in [-0.39, 0.29) is 17.7 Å². The third-order valence-corrected chi connectivity index (χ3v) is 3.94. The largest absolute Gasteiger partial charge is 0.355 e. The highest BCUT2D eigenvalue weighted by atomic mass is 16.2. The summed E-state index contributed by atoms with van der Waals surface area (Å²) < 4.78 is 0. The predicted molar refractivity (Wildman–Crippen MR) is 81.5 cm³/mol. The first-order chi connectivity index (χ1) is 10.1. The molecule has 108 valence electrons. The summed E-state index contributed by atoms with van der Waals surface area (Å²) in [5, 5.41) is 5.08. The third kappa shape index (κ3) is 2.89. The van der Waals surface area contributed by atoms with Crippen molar-refractivity contribution >= 4 is 22.6 Å². The van der Waals surface area contributed by atoms with Crippen LogP contribution in [-0.2, 0) is 16.1 Å². The average Bonchev–Trinajstić information content (AvgIpc) is 2.93. The minimum atomic E-state index is -0.219. The molecule has 3 rings (SSSR count). The zero-order chi connectivity index (χ0) is 14.8. The molecule has 2 amide bonds. The van der Waals surface area contributed by atoms with Gasteiger partial charge in [0.2, 0.25) is 11.8 Å². The number of nitrogens with zero attached hydrogens (tertiary/aromatic N) is 1. The predicted octanol–water partition coefficient (Wildman–Crippen LogP) is 1.93. The lowest BCUT2D eigenvalue weighted by Gasteiger charge is -2.20. The smallest absolute Gasteiger partial charge is 0.228 e. The Balaban J connectivity index is 1.72. The van der Waals surface area contributed by atoms with Crippen molar-refractivity contribution in [2.45, 2.75) is 13.0 Å². The Morgan fingerprint density at radius 3 is 2.71 bits per heavy atom. The van der Waals surface area contributed by atoms with Gasteiger partial charge in [0.15, 0.2) is 0 Å². The lowest BCUT2D eigenvalue weighted by molar-refractivity contribution is -0.135. The molecule has 1 N–H and O–H groups in total. The van der Waals surface area contributed by atoms with Crippen molar-refractivity contribution in [3.8, 4) is 0 Å². The maximum Gasteiger partial charge on any atom is 0.228 e. The van der Waals surface area contributed by atoms with Gasteiger partial charge in [0, 0.05) is 26.6 Å². The Hall–Kier alpha value is -2.36. The molecule has 0 aromatic heterocycles. The molecule has 4 nitrogen and oxygen atoms in total. The second-order valence-electron chi connectivity index (χ2n) is 5.58. The Kier molecular flexibility index (Phi) is 3.60. The first-order valence-electron chi connectivity index (χ1n) is 7.13. The summed E-state index contributed by atoms with van der Waals surface area (Å²) in [6, 6.07) is 14.4. The molecule has 1 fully saturated rings. The van der Waals surface area contributed by atoms with Crippen LogP contribution in [0.25, 0.3) is 10.8 Å². The highest BCUT2D eigenvalue weighted by molar-refractivity contribution is 5.89. The summed E-state index contributed by atoms with van der Waals surface area (Å²) in [6.45, 7) is 1.02. The lowest BCUT2D eigenvalue weighted by Crippen LogP contribution is -2.33. The average molecular weight is 282 g/mol. The molecule has 1 saturated heterocycles. The van der Waals surface area contributed by atoms with E-state index in [0.29, 0.717) is 19.5 Å². The normalized spacial score (nSPS) is 17.8. The van der Waals surface area contributed by atoms with Gasteiger partial charge in [-0.15, -0.1) is 0 Å². The Morgan fingerprint density at radius 1 is 1.24 bits per heavy atom. The van der Waals surface area contributed by atoms with Crippen LogP contribution in [0.3, 0.4) is 0 Å². The van der Waals surface area contributed by atoms with Crippen molar-refractivity contribution < 1.29 is 9.59 Å². The highest BCUT2D eigenvalue weighted by Gasteiger charge is 2.29. The minimum Gasteiger partial charge on any atom is -0.355 e. The van der Waals surface area contributed by atoms with Gasteiger partial charge < -0.3 is 10.2 Å². The van der Waals surface area contributed by atoms with E-state index < -0.39 is 0 Å². The molecule has 4 heteroatoms. The third-order valence-electron chi connectivity index (χ3n) is 3.94. The standard InChI is InChI=1S/C17H18N2O2/c1-19(17(21)15-9-16(20)18-10-15)11-12-6-7-13-4-2-3-5-14(13)8-12/h2-8,15H,9-11H2,1H3,(H,18,20). The van der Waals surface area contributed by atoms with Crippen molar-refractivity contribution in [1.82, 2.24) is 10.2 Å². The molecule has 1 aliphatic rings. The fourth-order valence-corrected chi connectivity index (χ4v) is 2.78. The molecule has 0 radical (unpaired) electrons. The molecule has 0 spiro atoms. The Labute approximate surface area is 123 Å². The van der Waals surface area contributed by atoms with Crippen LogP contribution in [0.1, 0.15) is 12.0 Å². The number of nitrogens with one attached hydrogen (secondary N) is 1. The van der Waals surface area contributed by atoms with E-state index in [1.165, 1.54) is 10.8 Å². The summed E-state index contributed by atoms with van der Waals surface area (Å²) in [6.07, 6.45) is 0.306. The number of fused-ring (bicyclic) bond motifs is 1. The monoisotopic (exact) mass is 282 g/mol. The number of carbonyl (C=O) groups excluding carboxylic acids is 2. The van der Waals surface area contributed by atoms with Gasteiger partial charge in [0.25, 0.3) is 0 Å². The van der Waals surface area contributed by atoms with Gasteiger partial charge in [0.05, 0.1) is 5.92 Å². The SMILES string of the molecule is CN(Cc1ccc2ccccc2c1)C(=O)C1CNC(=O)C1. The van der Waals surface area contributed by atoms with Gasteiger partial charge in [0.1, 0.15) is 0 Å². The Morgan fingerprint density at radius 2 is 2.00 bits per heavy atom. The number of rotatable bonds is 3. The van der Waals surface area contributed by atoms with E-state index in [9.17, 15) is 9.59 Å². The van der Waals surface area contributed by atoms with E-state index in [1.807, 2.05) is 18.2 Å². The van der Waals surface area contributed by atoms with Crippen molar-refractivity contribution in [2.75, 3.05) is 13.6 Å². The van der Waals surface area contributed by atoms with E-state index in [0.717, 1.165) is 5.56 Å². The maximum atomic E-state index is 12.3. The molecule has 1 unspecified atom stereocenters. The van der Waals surface area contributed by atoms with Gasteiger partial charge in [-0.25, -0.2) is 0 Å². The molecular weight excluding hydrogens is 264 g/mol. The summed E-state index contributed by atoms with van der Waals surface area (Å²) in [4.78, 5) is 25.2. The van der Waals surface area contributed by atoms with Crippen LogP contribution in [0.5, 0.6) is 0 Å². The molecular formula is C17H18N2O2. The molecule has 0 bridgehead atoms. The van der Waals surface area contributed by atoms with Crippen molar-refractivity contribution in [2.24, 2.45) is 5.92 Å². The maximum absolute atomic E-state index is 12.3. The zero-order valence-electron chi connectivity index (χ0n) is 12.0. The fourth-order valence-electron chi connectivity index (χ4n) is 2.78. The molecule has 2 aromatic rings. The van der Waals surface area contributed by atoms with Gasteiger partial charge in [-0.05, 0) is 22.4 Å². The zero-order valence-corrected chi connectivity index (χ0v) is 12.0. The van der Waals surface area contributed by atoms with E-state index in [2.05, 4.69) is 29.6 Å². The van der Waals surface area contributed by atoms with Crippen LogP contribution >= 0.6 is 0 Å². The summed E-state index contributed by atoms with van der Waals surface area (Å²) >= 11 is 0. The van der Waals surface area contributed by atoms with Crippen LogP contribution in [0.2, 0.25) is 0 Å². The molecule has 1 aliphatic heterocycles. The van der Waals surface area contributed by atoms with E-state index in [1.54, 1.807) is 11.9 Å². The highest BCUT2D eigenvalue weighted by Crippen LogP contribution is 2.18. The Bertz CT molecular complexity index is 696. The van der Waals surface area contributed by atoms with E-state index in [4.69, 9.17) is 0 Å². The topological polar surface area (TPSA) is 49.4 Å². The number of hydrogen-bond acceptors (Lipinski definition) is 2. The number of hydrogen-bond donors (Lipinski definition) is 1. The van der Waals surface area contributed by atoms with E-state index >= 15 is 0 Å². The molecule has 0 aliphatic carbocycles. The quantitative estimate of drug-likeness (QED) is 0.935. The summed E-state index contributed by atoms with van der Waals surface area (Å²) in [5.74, 6) is -0.225. The summed E-state index contributed by atoms with van der Waals surface area (Å²) in [7, 11) is 1.79. The first-order valence-corrected chi connectivity index (χ1v) is 7.13. The molecule has 21 heavy (non-hydrogen) atoms. The van der Waals surface area contributed by atoms with Gasteiger partial charge >= 0.3 is 0 Å². The lowest BCUT2D eigenvalue weighted by atomic mass is 10.1. The number of carbonyl (C=O) groups is 2.